The first-order valence-electron chi connectivity index (χ1n) is 22.2. The smallest absolute Gasteiger partial charge is 0.252 e. The summed E-state index contributed by atoms with van der Waals surface area (Å²) in [5.74, 6) is 0. The lowest BCUT2D eigenvalue weighted by Crippen LogP contribution is -2.61. The average molecular weight is 797 g/mol. The molecule has 2 heterocycles. The molecule has 0 fully saturated rings. The predicted molar refractivity (Wildman–Crippen MR) is 265 cm³/mol. The molecule has 0 N–H and O–H groups in total. The highest BCUT2D eigenvalue weighted by Gasteiger charge is 2.45. The second-order valence-corrected chi connectivity index (χ2v) is 21.3. The molecule has 9 rings (SSSR count). The van der Waals surface area contributed by atoms with E-state index in [0.29, 0.717) is 0 Å². The van der Waals surface area contributed by atoms with Crippen molar-refractivity contribution in [3.63, 3.8) is 0 Å². The van der Waals surface area contributed by atoms with E-state index in [1.165, 1.54) is 95.0 Å². The predicted octanol–water partition coefficient (Wildman–Crippen LogP) is 14.0. The van der Waals surface area contributed by atoms with Crippen molar-refractivity contribution >= 4 is 57.2 Å². The maximum Gasteiger partial charge on any atom is 0.252 e. The molecular formula is C58H61BN2. The number of benzene rings is 7. The van der Waals surface area contributed by atoms with E-state index >= 15 is 0 Å². The van der Waals surface area contributed by atoms with E-state index in [1.807, 2.05) is 0 Å². The molecule has 2 aliphatic rings. The van der Waals surface area contributed by atoms with Gasteiger partial charge in [-0.1, -0.05) is 179 Å². The maximum absolute atomic E-state index is 2.62. The third-order valence-electron chi connectivity index (χ3n) is 13.5. The lowest BCUT2D eigenvalue weighted by Gasteiger charge is -2.45. The number of hydrogen-bond acceptors (Lipinski definition) is 2. The Morgan fingerprint density at radius 2 is 0.902 bits per heavy atom. The summed E-state index contributed by atoms with van der Waals surface area (Å²) in [5, 5.41) is 0. The highest BCUT2D eigenvalue weighted by molar-refractivity contribution is 7.00. The Labute approximate surface area is 366 Å². The Morgan fingerprint density at radius 3 is 1.51 bits per heavy atom. The first-order chi connectivity index (χ1) is 28.8. The van der Waals surface area contributed by atoms with Gasteiger partial charge < -0.3 is 9.80 Å². The zero-order valence-electron chi connectivity index (χ0n) is 38.4. The molecular weight excluding hydrogens is 735 g/mol. The van der Waals surface area contributed by atoms with E-state index in [0.717, 1.165) is 0 Å². The minimum Gasteiger partial charge on any atom is -0.311 e. The van der Waals surface area contributed by atoms with Crippen LogP contribution in [0, 0.1) is 6.92 Å². The monoisotopic (exact) mass is 796 g/mol. The SMILES string of the molecule is Cc1cc2c3c(c1)N(c1ccc(C(C)(C)C)cc1-c1ccccc1)c1cc(C(C)(C)c4ccccc4)ccc1B3c1cc(C(C)(C)C)ccc1N2c1ccc(C(C)(C)C)cc1. The summed E-state index contributed by atoms with van der Waals surface area (Å²) in [6.07, 6.45) is 0. The van der Waals surface area contributed by atoms with E-state index in [9.17, 15) is 0 Å². The summed E-state index contributed by atoms with van der Waals surface area (Å²) in [5.41, 5.74) is 21.5. The minimum atomic E-state index is -0.224. The van der Waals surface area contributed by atoms with Crippen LogP contribution in [-0.2, 0) is 21.7 Å². The lowest BCUT2D eigenvalue weighted by atomic mass is 9.33. The van der Waals surface area contributed by atoms with Crippen LogP contribution in [0.2, 0.25) is 0 Å². The molecule has 0 aliphatic carbocycles. The zero-order chi connectivity index (χ0) is 43.2. The van der Waals surface area contributed by atoms with Crippen molar-refractivity contribution in [2.75, 3.05) is 9.80 Å². The zero-order valence-corrected chi connectivity index (χ0v) is 38.4. The summed E-state index contributed by atoms with van der Waals surface area (Å²) in [4.78, 5) is 5.17. The fraction of sp³-hybridized carbons (Fsp3) is 0.276. The number of hydrogen-bond donors (Lipinski definition) is 0. The highest BCUT2D eigenvalue weighted by Crippen LogP contribution is 2.49. The summed E-state index contributed by atoms with van der Waals surface area (Å²) in [6, 6.07) is 58.1. The van der Waals surface area contributed by atoms with Gasteiger partial charge >= 0.3 is 0 Å². The minimum absolute atomic E-state index is 0.0140. The topological polar surface area (TPSA) is 6.48 Å². The molecule has 7 aromatic rings. The fourth-order valence-electron chi connectivity index (χ4n) is 9.71. The Balaban J connectivity index is 1.39. The molecule has 7 aromatic carbocycles. The Bertz CT molecular complexity index is 2780. The van der Waals surface area contributed by atoms with Crippen molar-refractivity contribution in [2.24, 2.45) is 0 Å². The number of rotatable bonds is 5. The van der Waals surface area contributed by atoms with Crippen LogP contribution in [0.1, 0.15) is 110 Å². The standard InChI is InChI=1S/C58H61BN2/c1-38-33-52-54-53(34-38)61(49-31-26-42(56(5,6)7)35-46(49)39-19-15-13-16-20-39)51-37-44(58(11,12)41-21-17-14-18-22-41)25-30-47(51)59(54)48-36-43(57(8,9)10)27-32-50(48)60(52)45-28-23-40(24-29-45)55(2,3)4/h13-37H,1-12H3. The van der Waals surface area contributed by atoms with Crippen LogP contribution in [0.15, 0.2) is 152 Å². The molecule has 0 radical (unpaired) electrons. The van der Waals surface area contributed by atoms with E-state index < -0.39 is 0 Å². The lowest BCUT2D eigenvalue weighted by molar-refractivity contribution is 0.590. The van der Waals surface area contributed by atoms with Gasteiger partial charge in [0.05, 0.1) is 5.69 Å². The summed E-state index contributed by atoms with van der Waals surface area (Å²) < 4.78 is 0. The third kappa shape index (κ3) is 7.01. The molecule has 0 atom stereocenters. The molecule has 2 aliphatic heterocycles. The van der Waals surface area contributed by atoms with Gasteiger partial charge in [-0.3, -0.25) is 0 Å². The van der Waals surface area contributed by atoms with E-state index in [1.54, 1.807) is 0 Å². The van der Waals surface area contributed by atoms with Crippen molar-refractivity contribution < 1.29 is 0 Å². The molecule has 0 amide bonds. The van der Waals surface area contributed by atoms with Gasteiger partial charge in [-0.25, -0.2) is 0 Å². The second-order valence-electron chi connectivity index (χ2n) is 21.3. The molecule has 0 bridgehead atoms. The molecule has 0 unspecified atom stereocenters. The van der Waals surface area contributed by atoms with Gasteiger partial charge in [-0.15, -0.1) is 0 Å². The Morgan fingerprint density at radius 1 is 0.377 bits per heavy atom. The molecule has 61 heavy (non-hydrogen) atoms. The quantitative estimate of drug-likeness (QED) is 0.160. The second kappa shape index (κ2) is 14.4. The fourth-order valence-corrected chi connectivity index (χ4v) is 9.71. The van der Waals surface area contributed by atoms with Crippen LogP contribution >= 0.6 is 0 Å². The molecule has 0 saturated heterocycles. The number of nitrogens with zero attached hydrogens (tertiary/aromatic N) is 2. The summed E-state index contributed by atoms with van der Waals surface area (Å²) >= 11 is 0. The van der Waals surface area contributed by atoms with Crippen molar-refractivity contribution in [1.29, 1.82) is 0 Å². The van der Waals surface area contributed by atoms with Crippen LogP contribution in [-0.4, -0.2) is 6.71 Å². The average Bonchev–Trinajstić information content (AvgIpc) is 3.22. The van der Waals surface area contributed by atoms with Gasteiger partial charge in [-0.2, -0.15) is 0 Å². The molecule has 2 nitrogen and oxygen atoms in total. The first-order valence-corrected chi connectivity index (χ1v) is 22.2. The Hall–Kier alpha value is -5.80. The van der Waals surface area contributed by atoms with Crippen molar-refractivity contribution in [3.8, 4) is 11.1 Å². The number of fused-ring (bicyclic) bond motifs is 4. The maximum atomic E-state index is 2.62. The van der Waals surface area contributed by atoms with E-state index in [4.69, 9.17) is 0 Å². The third-order valence-corrected chi connectivity index (χ3v) is 13.5. The number of anilines is 6. The van der Waals surface area contributed by atoms with Crippen molar-refractivity contribution in [3.05, 3.63) is 185 Å². The molecule has 0 spiro atoms. The van der Waals surface area contributed by atoms with Crippen LogP contribution < -0.4 is 26.2 Å². The summed E-state index contributed by atoms with van der Waals surface area (Å²) in [7, 11) is 0. The van der Waals surface area contributed by atoms with Gasteiger partial charge in [0, 0.05) is 39.4 Å². The normalized spacial score (nSPS) is 13.8. The van der Waals surface area contributed by atoms with Crippen molar-refractivity contribution in [2.45, 2.75) is 105 Å². The molecule has 0 aromatic heterocycles. The van der Waals surface area contributed by atoms with Crippen LogP contribution in [0.5, 0.6) is 0 Å². The first kappa shape index (κ1) is 40.6. The molecule has 0 saturated carbocycles. The van der Waals surface area contributed by atoms with E-state index in [2.05, 4.69) is 245 Å². The number of aryl methyl sites for hydroxylation is 1. The van der Waals surface area contributed by atoms with Gasteiger partial charge in [-0.05, 0) is 127 Å². The van der Waals surface area contributed by atoms with Crippen LogP contribution in [0.3, 0.4) is 0 Å². The molecule has 3 heteroatoms. The Kier molecular flexibility index (Phi) is 9.59. The van der Waals surface area contributed by atoms with Crippen molar-refractivity contribution in [1.82, 2.24) is 0 Å². The van der Waals surface area contributed by atoms with Gasteiger partial charge in [0.1, 0.15) is 0 Å². The summed E-state index contributed by atoms with van der Waals surface area (Å²) in [6.45, 7) is 27.9. The van der Waals surface area contributed by atoms with Gasteiger partial charge in [0.2, 0.25) is 0 Å². The van der Waals surface area contributed by atoms with E-state index in [-0.39, 0.29) is 28.4 Å². The van der Waals surface area contributed by atoms with Crippen LogP contribution in [0.4, 0.5) is 34.1 Å². The highest BCUT2D eigenvalue weighted by atomic mass is 15.2. The molecule has 306 valence electrons. The van der Waals surface area contributed by atoms with Gasteiger partial charge in [0.15, 0.2) is 0 Å². The van der Waals surface area contributed by atoms with Crippen LogP contribution in [0.25, 0.3) is 11.1 Å². The van der Waals surface area contributed by atoms with Gasteiger partial charge in [0.25, 0.3) is 6.71 Å². The largest absolute Gasteiger partial charge is 0.311 e.